The highest BCUT2D eigenvalue weighted by Gasteiger charge is 2.55. The molecule has 2 aromatic rings. The number of aromatic nitrogens is 4. The molecule has 8 heteroatoms. The minimum atomic E-state index is -0.312. The highest BCUT2D eigenvalue weighted by atomic mass is 16.3. The number of rotatable bonds is 7. The highest BCUT2D eigenvalue weighted by molar-refractivity contribution is 5.97. The lowest BCUT2D eigenvalue weighted by Crippen LogP contribution is -2.60. The van der Waals surface area contributed by atoms with Gasteiger partial charge in [0.05, 0.1) is 12.3 Å². The van der Waals surface area contributed by atoms with Crippen molar-refractivity contribution in [2.45, 2.75) is 58.4 Å². The Morgan fingerprint density at radius 2 is 2.09 bits per heavy atom. The van der Waals surface area contributed by atoms with E-state index in [1.54, 1.807) is 34.2 Å². The molecule has 0 saturated heterocycles. The van der Waals surface area contributed by atoms with Crippen molar-refractivity contribution in [2.75, 3.05) is 6.61 Å². The molecule has 4 fully saturated rings. The molecule has 0 radical (unpaired) electrons. The normalized spacial score (nSPS) is 30.6. The van der Waals surface area contributed by atoms with Gasteiger partial charge in [-0.1, -0.05) is 19.9 Å². The third-order valence-corrected chi connectivity index (χ3v) is 7.97. The van der Waals surface area contributed by atoms with Crippen LogP contribution in [0.1, 0.15) is 62.7 Å². The van der Waals surface area contributed by atoms with Gasteiger partial charge in [0.1, 0.15) is 5.56 Å². The van der Waals surface area contributed by atoms with Crippen molar-refractivity contribution in [2.24, 2.45) is 28.6 Å². The van der Waals surface area contributed by atoms with E-state index in [0.29, 0.717) is 35.6 Å². The summed E-state index contributed by atoms with van der Waals surface area (Å²) < 4.78 is 3.31. The van der Waals surface area contributed by atoms with Crippen molar-refractivity contribution in [1.82, 2.24) is 24.9 Å². The number of nitrogens with one attached hydrogen (secondary N) is 1. The number of nitrogens with zero attached hydrogens (tertiary/aromatic N) is 5. The molecule has 2 N–H and O–H groups in total. The van der Waals surface area contributed by atoms with Gasteiger partial charge in [-0.25, -0.2) is 9.36 Å². The third-order valence-electron chi connectivity index (χ3n) is 7.97. The Labute approximate surface area is 194 Å². The molecule has 8 nitrogen and oxygen atoms in total. The van der Waals surface area contributed by atoms with Crippen LogP contribution in [-0.4, -0.2) is 43.2 Å². The number of hydrogen-bond acceptors (Lipinski definition) is 5. The van der Waals surface area contributed by atoms with Gasteiger partial charge >= 0.3 is 0 Å². The fourth-order valence-electron chi connectivity index (χ4n) is 6.63. The van der Waals surface area contributed by atoms with Crippen LogP contribution in [0.5, 0.6) is 0 Å². The van der Waals surface area contributed by atoms with Gasteiger partial charge in [0.15, 0.2) is 5.82 Å². The molecule has 4 saturated carbocycles. The van der Waals surface area contributed by atoms with Gasteiger partial charge in [-0.15, -0.1) is 0 Å². The molecule has 2 heterocycles. The Morgan fingerprint density at radius 1 is 1.33 bits per heavy atom. The van der Waals surface area contributed by atoms with Crippen LogP contribution in [0, 0.1) is 39.9 Å². The summed E-state index contributed by atoms with van der Waals surface area (Å²) in [5.41, 5.74) is 0.240. The van der Waals surface area contributed by atoms with Crippen LogP contribution in [0.4, 0.5) is 0 Å². The molecule has 2 aromatic heterocycles. The number of carbonyl (C=O) groups is 1. The van der Waals surface area contributed by atoms with Crippen LogP contribution in [0.3, 0.4) is 0 Å². The Bertz CT molecular complexity index is 1080. The van der Waals surface area contributed by atoms with Gasteiger partial charge in [-0.2, -0.15) is 15.5 Å². The van der Waals surface area contributed by atoms with Crippen molar-refractivity contribution in [3.05, 3.63) is 36.3 Å². The second-order valence-electron chi connectivity index (χ2n) is 11.0. The summed E-state index contributed by atoms with van der Waals surface area (Å²) in [6.07, 6.45) is 14.6. The lowest BCUT2D eigenvalue weighted by atomic mass is 9.48. The van der Waals surface area contributed by atoms with Gasteiger partial charge in [0, 0.05) is 37.7 Å². The number of amides is 1. The fraction of sp³-hybridized carbons (Fsp3) is 0.600. The number of hydrogen-bond donors (Lipinski definition) is 2. The van der Waals surface area contributed by atoms with E-state index in [2.05, 4.69) is 21.6 Å². The second-order valence-corrected chi connectivity index (χ2v) is 11.0. The minimum absolute atomic E-state index is 0.0733. The van der Waals surface area contributed by atoms with Crippen LogP contribution >= 0.6 is 0 Å². The first-order valence-electron chi connectivity index (χ1n) is 11.9. The maximum absolute atomic E-state index is 13.5. The van der Waals surface area contributed by atoms with Gasteiger partial charge in [-0.3, -0.25) is 4.79 Å². The van der Waals surface area contributed by atoms with E-state index in [9.17, 15) is 9.90 Å². The summed E-state index contributed by atoms with van der Waals surface area (Å²) in [5.74, 6) is 2.00. The second kappa shape index (κ2) is 8.14. The summed E-state index contributed by atoms with van der Waals surface area (Å²) in [6.45, 7) is 4.24. The Balaban J connectivity index is 1.41. The van der Waals surface area contributed by atoms with Crippen LogP contribution in [-0.2, 0) is 0 Å². The van der Waals surface area contributed by atoms with Crippen LogP contribution < -0.4 is 5.32 Å². The van der Waals surface area contributed by atoms with Crippen molar-refractivity contribution in [3.63, 3.8) is 0 Å². The molecule has 0 aromatic carbocycles. The summed E-state index contributed by atoms with van der Waals surface area (Å²) in [5, 5.41) is 31.2. The molecule has 1 amide bonds. The topological polar surface area (TPSA) is 109 Å². The van der Waals surface area contributed by atoms with Gasteiger partial charge in [0.2, 0.25) is 0 Å². The summed E-state index contributed by atoms with van der Waals surface area (Å²) in [7, 11) is 0. The first kappa shape index (κ1) is 21.9. The maximum atomic E-state index is 13.5. The molecule has 0 spiro atoms. The average Bonchev–Trinajstić information content (AvgIpc) is 3.44. The number of aliphatic hydroxyl groups excluding tert-OH is 1. The number of aliphatic hydroxyl groups is 1. The van der Waals surface area contributed by atoms with E-state index in [-0.39, 0.29) is 29.4 Å². The SMILES string of the molecule is CC(C)(C=Cn1ncc(C(=O)NC2C3CC4CC2CC(CO)(C4)C3)c1-n1cccn1)CC#N. The third kappa shape index (κ3) is 3.99. The fourth-order valence-corrected chi connectivity index (χ4v) is 6.63. The molecule has 33 heavy (non-hydrogen) atoms. The highest BCUT2D eigenvalue weighted by Crippen LogP contribution is 2.59. The Morgan fingerprint density at radius 3 is 2.73 bits per heavy atom. The standard InChI is InChI=1S/C25H32N6O2/c1-24(2,4-6-26)5-9-31-23(30-8-3-7-27-30)20(15-28-31)22(33)29-21-18-10-17-11-19(21)14-25(12-17,13-18)16-32/h3,5,7-9,15,17-19,21,32H,4,10-14,16H2,1-2H3,(H,29,33). The van der Waals surface area contributed by atoms with Gasteiger partial charge < -0.3 is 10.4 Å². The van der Waals surface area contributed by atoms with E-state index in [1.165, 1.54) is 0 Å². The molecule has 2 unspecified atom stereocenters. The summed E-state index contributed by atoms with van der Waals surface area (Å²) in [6, 6.07) is 4.17. The first-order valence-corrected chi connectivity index (χ1v) is 11.9. The molecule has 174 valence electrons. The predicted octanol–water partition coefficient (Wildman–Crippen LogP) is 3.40. The van der Waals surface area contributed by atoms with Crippen LogP contribution in [0.15, 0.2) is 30.7 Å². The molecule has 2 atom stereocenters. The molecule has 4 aliphatic rings. The number of nitriles is 1. The summed E-state index contributed by atoms with van der Waals surface area (Å²) >= 11 is 0. The number of allylic oxidation sites excluding steroid dienone is 1. The lowest BCUT2D eigenvalue weighted by Gasteiger charge is -2.59. The Hall–Kier alpha value is -2.92. The zero-order valence-corrected chi connectivity index (χ0v) is 19.3. The van der Waals surface area contributed by atoms with Crippen molar-refractivity contribution in [1.29, 1.82) is 5.26 Å². The van der Waals surface area contributed by atoms with E-state index in [0.717, 1.165) is 32.1 Å². The quantitative estimate of drug-likeness (QED) is 0.675. The van der Waals surface area contributed by atoms with Crippen molar-refractivity contribution < 1.29 is 9.90 Å². The average molecular weight is 449 g/mol. The smallest absolute Gasteiger partial charge is 0.257 e. The lowest BCUT2D eigenvalue weighted by molar-refractivity contribution is -0.0969. The Kier molecular flexibility index (Phi) is 5.40. The molecule has 4 bridgehead atoms. The van der Waals surface area contributed by atoms with E-state index < -0.39 is 0 Å². The van der Waals surface area contributed by atoms with Gasteiger partial charge in [0.25, 0.3) is 5.91 Å². The van der Waals surface area contributed by atoms with E-state index >= 15 is 0 Å². The zero-order valence-electron chi connectivity index (χ0n) is 19.3. The number of carbonyl (C=O) groups excluding carboxylic acids is 1. The van der Waals surface area contributed by atoms with Crippen LogP contribution in [0.25, 0.3) is 12.0 Å². The van der Waals surface area contributed by atoms with Gasteiger partial charge in [-0.05, 0) is 66.8 Å². The maximum Gasteiger partial charge on any atom is 0.257 e. The van der Waals surface area contributed by atoms with Crippen LogP contribution in [0.2, 0.25) is 0 Å². The molecule has 0 aliphatic heterocycles. The largest absolute Gasteiger partial charge is 0.396 e. The van der Waals surface area contributed by atoms with Crippen molar-refractivity contribution >= 4 is 12.1 Å². The monoisotopic (exact) mass is 448 g/mol. The molecule has 6 rings (SSSR count). The molecule has 4 aliphatic carbocycles. The summed E-state index contributed by atoms with van der Waals surface area (Å²) in [4.78, 5) is 13.5. The first-order chi connectivity index (χ1) is 15.8. The zero-order chi connectivity index (χ0) is 23.2. The van der Waals surface area contributed by atoms with E-state index in [4.69, 9.17) is 5.26 Å². The molecular weight excluding hydrogens is 416 g/mol. The minimum Gasteiger partial charge on any atom is -0.396 e. The van der Waals surface area contributed by atoms with Crippen molar-refractivity contribution in [3.8, 4) is 11.9 Å². The predicted molar refractivity (Wildman–Crippen MR) is 123 cm³/mol. The van der Waals surface area contributed by atoms with E-state index in [1.807, 2.05) is 26.0 Å². The molecular formula is C25H32N6O2.